The van der Waals surface area contributed by atoms with E-state index in [1.54, 1.807) is 17.0 Å². The number of benzene rings is 3. The van der Waals surface area contributed by atoms with Crippen LogP contribution in [0.2, 0.25) is 0 Å². The predicted molar refractivity (Wildman–Crippen MR) is 207 cm³/mol. The first kappa shape index (κ1) is 37.3. The second kappa shape index (κ2) is 16.2. The van der Waals surface area contributed by atoms with Gasteiger partial charge in [-0.2, -0.15) is 5.10 Å². The monoisotopic (exact) mass is 763 g/mol. The number of carbonyl (C=O) groups is 4. The van der Waals surface area contributed by atoms with Crippen LogP contribution in [-0.4, -0.2) is 108 Å². The number of ether oxygens (including phenoxy) is 1. The number of aromatic amines is 1. The Morgan fingerprint density at radius 1 is 0.911 bits per heavy atom. The van der Waals surface area contributed by atoms with Crippen LogP contribution in [0.15, 0.2) is 72.8 Å². The van der Waals surface area contributed by atoms with Gasteiger partial charge in [0.15, 0.2) is 11.9 Å². The number of nitrogens with one attached hydrogen (secondary N) is 3. The normalized spacial score (nSPS) is 18.9. The summed E-state index contributed by atoms with van der Waals surface area (Å²) >= 11 is 0. The van der Waals surface area contributed by atoms with E-state index in [9.17, 15) is 19.2 Å². The SMILES string of the molecule is CO[C@@H](C(=O)N1Cc2[nH]nc(NC(=O)c3ccc(N4CCC(N5CCN(Cc6ccc(N7CCC(=O)NC7=O)cc6F)CC5)CC4)cc3)c2C1)c1ccccc1. The Morgan fingerprint density at radius 2 is 1.64 bits per heavy atom. The Bertz CT molecular complexity index is 2080. The van der Waals surface area contributed by atoms with Gasteiger partial charge in [-0.15, -0.1) is 0 Å². The molecule has 0 unspecified atom stereocenters. The standard InChI is InChI=1S/C41H46FN9O5/c1-56-37(27-5-3-2-4-6-27)40(54)50-25-33-35(26-50)45-46-38(33)44-39(53)28-7-10-30(11-8-28)48-16-13-31(14-17-48)49-21-19-47(20-22-49)24-29-9-12-32(23-34(29)42)51-18-15-36(52)43-41(51)55/h2-12,23,31,37H,13-22,24-26H2,1H3,(H,43,52,55)(H2,44,45,46,53)/t37-/m1/s1. The third-order valence-electron chi connectivity index (χ3n) is 11.4. The summed E-state index contributed by atoms with van der Waals surface area (Å²) in [5, 5.41) is 12.5. The molecule has 4 aliphatic rings. The van der Waals surface area contributed by atoms with Gasteiger partial charge >= 0.3 is 6.03 Å². The molecule has 0 bridgehead atoms. The lowest BCUT2D eigenvalue weighted by Gasteiger charge is -2.43. The van der Waals surface area contributed by atoms with Crippen LogP contribution in [-0.2, 0) is 34.0 Å². The lowest BCUT2D eigenvalue weighted by atomic mass is 10.0. The fourth-order valence-electron chi connectivity index (χ4n) is 8.24. The molecular weight excluding hydrogens is 718 g/mol. The van der Waals surface area contributed by atoms with Crippen LogP contribution in [0.1, 0.15) is 58.1 Å². The van der Waals surface area contributed by atoms with Gasteiger partial charge in [0.2, 0.25) is 5.91 Å². The van der Waals surface area contributed by atoms with Crippen LogP contribution < -0.4 is 20.4 Å². The van der Waals surface area contributed by atoms with E-state index < -0.39 is 12.1 Å². The largest absolute Gasteiger partial charge is 0.371 e. The molecule has 0 aliphatic carbocycles. The molecule has 3 saturated heterocycles. The van der Waals surface area contributed by atoms with Gasteiger partial charge < -0.3 is 19.9 Å². The molecule has 0 radical (unpaired) electrons. The highest BCUT2D eigenvalue weighted by Crippen LogP contribution is 2.31. The Labute approximate surface area is 324 Å². The second-order valence-corrected chi connectivity index (χ2v) is 14.8. The van der Waals surface area contributed by atoms with E-state index in [1.165, 1.54) is 18.1 Å². The summed E-state index contributed by atoms with van der Waals surface area (Å²) in [5.41, 5.74) is 5.02. The minimum absolute atomic E-state index is 0.149. The number of hydrogen-bond acceptors (Lipinski definition) is 9. The molecule has 292 valence electrons. The molecule has 0 spiro atoms. The van der Waals surface area contributed by atoms with Crippen molar-refractivity contribution in [2.24, 2.45) is 0 Å². The average molecular weight is 764 g/mol. The molecule has 14 nitrogen and oxygen atoms in total. The summed E-state index contributed by atoms with van der Waals surface area (Å²) in [6.45, 7) is 6.80. The maximum atomic E-state index is 15.1. The number of amides is 5. The fourth-order valence-corrected chi connectivity index (χ4v) is 8.24. The number of urea groups is 1. The lowest BCUT2D eigenvalue weighted by Crippen LogP contribution is -2.53. The Balaban J connectivity index is 0.784. The van der Waals surface area contributed by atoms with Crippen molar-refractivity contribution < 1.29 is 28.3 Å². The lowest BCUT2D eigenvalue weighted by molar-refractivity contribution is -0.143. The molecule has 4 aliphatic heterocycles. The van der Waals surface area contributed by atoms with Crippen LogP contribution in [0.3, 0.4) is 0 Å². The van der Waals surface area contributed by atoms with Gasteiger partial charge in [0.05, 0.1) is 18.8 Å². The van der Waals surface area contributed by atoms with Crippen LogP contribution in [0, 0.1) is 5.82 Å². The number of piperazine rings is 1. The highest BCUT2D eigenvalue weighted by Gasteiger charge is 2.34. The number of fused-ring (bicyclic) bond motifs is 1. The zero-order valence-electron chi connectivity index (χ0n) is 31.4. The van der Waals surface area contributed by atoms with Gasteiger partial charge in [0, 0.05) is 100.0 Å². The number of halogens is 1. The van der Waals surface area contributed by atoms with E-state index in [1.807, 2.05) is 54.6 Å². The third kappa shape index (κ3) is 7.88. The van der Waals surface area contributed by atoms with Gasteiger partial charge in [-0.25, -0.2) is 9.18 Å². The highest BCUT2D eigenvalue weighted by atomic mass is 19.1. The topological polar surface area (TPSA) is 146 Å². The van der Waals surface area contributed by atoms with E-state index in [0.717, 1.165) is 74.6 Å². The molecule has 5 heterocycles. The summed E-state index contributed by atoms with van der Waals surface area (Å²) in [4.78, 5) is 60.5. The van der Waals surface area contributed by atoms with Crippen LogP contribution in [0.5, 0.6) is 0 Å². The molecule has 5 amide bonds. The van der Waals surface area contributed by atoms with E-state index in [2.05, 4.69) is 35.5 Å². The number of carbonyl (C=O) groups excluding carboxylic acids is 4. The van der Waals surface area contributed by atoms with Crippen molar-refractivity contribution in [1.29, 1.82) is 0 Å². The Morgan fingerprint density at radius 3 is 2.34 bits per heavy atom. The second-order valence-electron chi connectivity index (χ2n) is 14.8. The number of rotatable bonds is 10. The molecule has 1 atom stereocenters. The Kier molecular flexibility index (Phi) is 10.8. The van der Waals surface area contributed by atoms with Gasteiger partial charge in [0.25, 0.3) is 11.8 Å². The van der Waals surface area contributed by atoms with E-state index in [-0.39, 0.29) is 36.5 Å². The quantitative estimate of drug-likeness (QED) is 0.216. The smallest absolute Gasteiger partial charge is 0.328 e. The number of hydrogen-bond donors (Lipinski definition) is 3. The van der Waals surface area contributed by atoms with E-state index in [4.69, 9.17) is 4.74 Å². The van der Waals surface area contributed by atoms with Gasteiger partial charge in [-0.05, 0) is 54.8 Å². The van der Waals surface area contributed by atoms with Gasteiger partial charge in [-0.3, -0.25) is 39.5 Å². The van der Waals surface area contributed by atoms with Crippen LogP contribution >= 0.6 is 0 Å². The number of aromatic nitrogens is 2. The van der Waals surface area contributed by atoms with Crippen molar-refractivity contribution in [2.45, 2.75) is 51.0 Å². The summed E-state index contributed by atoms with van der Waals surface area (Å²) in [6.07, 6.45) is 1.56. The zero-order valence-corrected chi connectivity index (χ0v) is 31.4. The number of imide groups is 1. The molecule has 1 aromatic heterocycles. The Hall–Kier alpha value is -5.64. The van der Waals surface area contributed by atoms with Crippen molar-refractivity contribution >= 4 is 40.9 Å². The maximum Gasteiger partial charge on any atom is 0.328 e. The first-order valence-corrected chi connectivity index (χ1v) is 19.2. The molecule has 3 fully saturated rings. The predicted octanol–water partition coefficient (Wildman–Crippen LogP) is 4.26. The van der Waals surface area contributed by atoms with Crippen LogP contribution in [0.4, 0.5) is 26.4 Å². The number of piperidine rings is 1. The summed E-state index contributed by atoms with van der Waals surface area (Å²) in [7, 11) is 1.53. The number of H-pyrrole nitrogens is 1. The van der Waals surface area contributed by atoms with Gasteiger partial charge in [0.1, 0.15) is 5.82 Å². The van der Waals surface area contributed by atoms with Crippen molar-refractivity contribution in [1.82, 2.24) is 30.2 Å². The van der Waals surface area contributed by atoms with Gasteiger partial charge in [-0.1, -0.05) is 36.4 Å². The van der Waals surface area contributed by atoms with Crippen molar-refractivity contribution in [3.63, 3.8) is 0 Å². The molecule has 0 saturated carbocycles. The van der Waals surface area contributed by atoms with Crippen molar-refractivity contribution in [2.75, 3.05) is 68.0 Å². The molecular formula is C41H46FN9O5. The summed E-state index contributed by atoms with van der Waals surface area (Å²) in [6, 6.07) is 21.9. The summed E-state index contributed by atoms with van der Waals surface area (Å²) < 4.78 is 20.6. The number of methoxy groups -OCH3 is 1. The van der Waals surface area contributed by atoms with Crippen molar-refractivity contribution in [3.05, 3.63) is 107 Å². The number of nitrogens with zero attached hydrogens (tertiary/aromatic N) is 6. The summed E-state index contributed by atoms with van der Waals surface area (Å²) in [5.74, 6) is -0.657. The van der Waals surface area contributed by atoms with Crippen LogP contribution in [0.25, 0.3) is 0 Å². The highest BCUT2D eigenvalue weighted by molar-refractivity contribution is 6.06. The first-order chi connectivity index (χ1) is 27.2. The molecule has 3 N–H and O–H groups in total. The first-order valence-electron chi connectivity index (χ1n) is 19.2. The molecule has 4 aromatic rings. The fraction of sp³-hybridized carbons (Fsp3) is 0.390. The average Bonchev–Trinajstić information content (AvgIpc) is 3.82. The minimum atomic E-state index is -0.712. The van der Waals surface area contributed by atoms with E-state index in [0.29, 0.717) is 48.3 Å². The molecule has 8 rings (SSSR count). The maximum absolute atomic E-state index is 15.1. The third-order valence-corrected chi connectivity index (χ3v) is 11.4. The minimum Gasteiger partial charge on any atom is -0.371 e. The molecule has 56 heavy (non-hydrogen) atoms. The molecule has 3 aromatic carbocycles. The zero-order chi connectivity index (χ0) is 38.8. The molecule has 15 heteroatoms. The van der Waals surface area contributed by atoms with E-state index >= 15 is 4.39 Å². The van der Waals surface area contributed by atoms with Crippen molar-refractivity contribution in [3.8, 4) is 0 Å². The number of anilines is 3.